The summed E-state index contributed by atoms with van der Waals surface area (Å²) in [5, 5.41) is 18.8. The summed E-state index contributed by atoms with van der Waals surface area (Å²) in [6.45, 7) is 3.30. The summed E-state index contributed by atoms with van der Waals surface area (Å²) >= 11 is 0. The summed E-state index contributed by atoms with van der Waals surface area (Å²) in [5.41, 5.74) is 8.79. The molecule has 1 fully saturated rings. The summed E-state index contributed by atoms with van der Waals surface area (Å²) in [5.74, 6) is -0.647. The third-order valence-electron chi connectivity index (χ3n) is 5.51. The Balaban J connectivity index is 1.66. The van der Waals surface area contributed by atoms with Crippen LogP contribution in [0.25, 0.3) is 16.7 Å². The van der Waals surface area contributed by atoms with Crippen molar-refractivity contribution in [2.45, 2.75) is 6.42 Å². The fourth-order valence-corrected chi connectivity index (χ4v) is 4.03. The van der Waals surface area contributed by atoms with Gasteiger partial charge >= 0.3 is 5.97 Å². The first-order chi connectivity index (χ1) is 15.0. The normalized spacial score (nSPS) is 14.8. The molecule has 1 aliphatic heterocycles. The van der Waals surface area contributed by atoms with Crippen molar-refractivity contribution in [3.8, 4) is 5.69 Å². The van der Waals surface area contributed by atoms with Crippen LogP contribution in [-0.2, 0) is 11.2 Å². The van der Waals surface area contributed by atoms with E-state index in [0.29, 0.717) is 17.8 Å². The Morgan fingerprint density at radius 1 is 1.03 bits per heavy atom. The van der Waals surface area contributed by atoms with Crippen LogP contribution in [0.5, 0.6) is 0 Å². The number of carboxylic acids is 1. The van der Waals surface area contributed by atoms with Crippen LogP contribution >= 0.6 is 0 Å². The average Bonchev–Trinajstić information content (AvgIpc) is 3.11. The molecule has 4 rings (SSSR count). The summed E-state index contributed by atoms with van der Waals surface area (Å²) in [4.78, 5) is 31.4. The van der Waals surface area contributed by atoms with Crippen molar-refractivity contribution < 1.29 is 19.8 Å². The molecule has 31 heavy (non-hydrogen) atoms. The molecule has 0 bridgehead atoms. The molecule has 0 radical (unpaired) electrons. The third kappa shape index (κ3) is 4.37. The summed E-state index contributed by atoms with van der Waals surface area (Å²) < 4.78 is 1.96. The van der Waals surface area contributed by atoms with E-state index >= 15 is 0 Å². The number of hydrogen-bond acceptors (Lipinski definition) is 6. The van der Waals surface area contributed by atoms with Gasteiger partial charge in [-0.1, -0.05) is 6.07 Å². The van der Waals surface area contributed by atoms with E-state index in [4.69, 9.17) is 5.73 Å². The van der Waals surface area contributed by atoms with E-state index < -0.39 is 5.97 Å². The molecule has 1 saturated heterocycles. The van der Waals surface area contributed by atoms with E-state index in [1.54, 1.807) is 18.2 Å². The highest BCUT2D eigenvalue weighted by molar-refractivity contribution is 5.93. The summed E-state index contributed by atoms with van der Waals surface area (Å²) in [6, 6.07) is 12.9. The fraction of sp³-hybridized carbons (Fsp3) is 0.318. The van der Waals surface area contributed by atoms with Crippen molar-refractivity contribution >= 4 is 28.6 Å². The van der Waals surface area contributed by atoms with Gasteiger partial charge in [0.1, 0.15) is 5.82 Å². The lowest BCUT2D eigenvalue weighted by atomic mass is 10.2. The summed E-state index contributed by atoms with van der Waals surface area (Å²) in [6.07, 6.45) is 0.354. The van der Waals surface area contributed by atoms with Gasteiger partial charge in [0, 0.05) is 44.0 Å². The quantitative estimate of drug-likeness (QED) is 0.515. The number of rotatable bonds is 7. The molecule has 2 aromatic carbocycles. The van der Waals surface area contributed by atoms with Crippen LogP contribution in [0.3, 0.4) is 0 Å². The second kappa shape index (κ2) is 8.75. The van der Waals surface area contributed by atoms with E-state index in [2.05, 4.69) is 16.0 Å². The Labute approximate surface area is 179 Å². The number of amides is 1. The molecule has 0 spiro atoms. The van der Waals surface area contributed by atoms with Gasteiger partial charge in [0.15, 0.2) is 0 Å². The molecule has 4 N–H and O–H groups in total. The van der Waals surface area contributed by atoms with Gasteiger partial charge in [-0.15, -0.1) is 0 Å². The number of aliphatic hydroxyl groups excluding tert-OH is 1. The highest BCUT2D eigenvalue weighted by Crippen LogP contribution is 2.26. The predicted octanol–water partition coefficient (Wildman–Crippen LogP) is 0.866. The second-order valence-corrected chi connectivity index (χ2v) is 7.60. The van der Waals surface area contributed by atoms with Crippen molar-refractivity contribution in [1.82, 2.24) is 14.5 Å². The van der Waals surface area contributed by atoms with Crippen molar-refractivity contribution in [2.75, 3.05) is 44.2 Å². The Morgan fingerprint density at radius 2 is 1.77 bits per heavy atom. The second-order valence-electron chi connectivity index (χ2n) is 7.60. The molecular formula is C22H25N5O4. The van der Waals surface area contributed by atoms with E-state index in [9.17, 15) is 19.8 Å². The number of benzene rings is 2. The molecule has 0 aliphatic carbocycles. The third-order valence-corrected chi connectivity index (χ3v) is 5.51. The Hall–Kier alpha value is -3.43. The van der Waals surface area contributed by atoms with Gasteiger partial charge in [0.25, 0.3) is 0 Å². The highest BCUT2D eigenvalue weighted by atomic mass is 16.4. The van der Waals surface area contributed by atoms with Crippen LogP contribution in [0.15, 0.2) is 42.5 Å². The van der Waals surface area contributed by atoms with Gasteiger partial charge in [0.2, 0.25) is 5.91 Å². The maximum absolute atomic E-state index is 11.3. The first-order valence-electron chi connectivity index (χ1n) is 10.2. The molecule has 162 valence electrons. The van der Waals surface area contributed by atoms with Gasteiger partial charge in [-0.25, -0.2) is 9.78 Å². The molecule has 1 aliphatic rings. The Bertz CT molecular complexity index is 1120. The SMILES string of the molecule is NC(=O)CN1CCN(c2cccc(-n3c(CCO)nc4cc(C(=O)O)ccc43)c2)CC1. The number of nitrogens with two attached hydrogens (primary N) is 1. The maximum atomic E-state index is 11.3. The molecule has 0 atom stereocenters. The molecule has 3 aromatic rings. The van der Waals surface area contributed by atoms with Crippen LogP contribution in [0, 0.1) is 0 Å². The number of carbonyl (C=O) groups is 2. The van der Waals surface area contributed by atoms with E-state index in [1.165, 1.54) is 0 Å². The van der Waals surface area contributed by atoms with Crippen LogP contribution in [0.4, 0.5) is 5.69 Å². The van der Waals surface area contributed by atoms with Gasteiger partial charge in [0.05, 0.1) is 29.7 Å². The zero-order valence-corrected chi connectivity index (χ0v) is 17.1. The lowest BCUT2D eigenvalue weighted by Crippen LogP contribution is -2.48. The maximum Gasteiger partial charge on any atom is 0.335 e. The molecule has 0 unspecified atom stereocenters. The largest absolute Gasteiger partial charge is 0.478 e. The van der Waals surface area contributed by atoms with Gasteiger partial charge < -0.3 is 20.8 Å². The minimum atomic E-state index is -1.00. The number of aromatic nitrogens is 2. The number of primary amides is 1. The molecular weight excluding hydrogens is 398 g/mol. The molecule has 1 aromatic heterocycles. The van der Waals surface area contributed by atoms with Crippen LogP contribution < -0.4 is 10.6 Å². The number of nitrogens with zero attached hydrogens (tertiary/aromatic N) is 4. The number of anilines is 1. The molecule has 9 nitrogen and oxygen atoms in total. The number of imidazole rings is 1. The lowest BCUT2D eigenvalue weighted by molar-refractivity contribution is -0.119. The van der Waals surface area contributed by atoms with Crippen molar-refractivity contribution in [2.24, 2.45) is 5.73 Å². The first-order valence-corrected chi connectivity index (χ1v) is 10.2. The topological polar surface area (TPSA) is 125 Å². The van der Waals surface area contributed by atoms with Crippen LogP contribution in [-0.4, -0.2) is 75.9 Å². The minimum Gasteiger partial charge on any atom is -0.478 e. The first kappa shape index (κ1) is 20.8. The number of carbonyl (C=O) groups excluding carboxylic acids is 1. The minimum absolute atomic E-state index is 0.0589. The van der Waals surface area contributed by atoms with Crippen molar-refractivity contribution in [1.29, 1.82) is 0 Å². The zero-order valence-electron chi connectivity index (χ0n) is 17.1. The number of piperazine rings is 1. The zero-order chi connectivity index (χ0) is 22.0. The van der Waals surface area contributed by atoms with E-state index in [1.807, 2.05) is 27.7 Å². The van der Waals surface area contributed by atoms with Crippen LogP contribution in [0.2, 0.25) is 0 Å². The average molecular weight is 423 g/mol. The molecule has 0 saturated carbocycles. The summed E-state index contributed by atoms with van der Waals surface area (Å²) in [7, 11) is 0. The van der Waals surface area contributed by atoms with Crippen molar-refractivity contribution in [3.05, 3.63) is 53.9 Å². The number of aromatic carboxylic acids is 1. The van der Waals surface area contributed by atoms with Gasteiger partial charge in [-0.05, 0) is 36.4 Å². The number of aliphatic hydroxyl groups is 1. The lowest BCUT2D eigenvalue weighted by Gasteiger charge is -2.35. The molecule has 2 heterocycles. The van der Waals surface area contributed by atoms with Crippen molar-refractivity contribution in [3.63, 3.8) is 0 Å². The highest BCUT2D eigenvalue weighted by Gasteiger charge is 2.20. The van der Waals surface area contributed by atoms with Gasteiger partial charge in [-0.3, -0.25) is 14.3 Å². The standard InChI is InChI=1S/C22H25N5O4/c23-20(29)14-25-7-9-26(10-8-25)16-2-1-3-17(13-16)27-19-5-4-15(22(30)31)12-18(19)24-21(27)6-11-28/h1-5,12-13,28H,6-11,14H2,(H2,23,29)(H,30,31). The smallest absolute Gasteiger partial charge is 0.335 e. The van der Waals surface area contributed by atoms with E-state index in [0.717, 1.165) is 43.1 Å². The Kier molecular flexibility index (Phi) is 5.88. The predicted molar refractivity (Wildman–Crippen MR) is 117 cm³/mol. The molecule has 1 amide bonds. The number of fused-ring (bicyclic) bond motifs is 1. The Morgan fingerprint density at radius 3 is 2.45 bits per heavy atom. The molecule has 9 heteroatoms. The number of hydrogen-bond donors (Lipinski definition) is 3. The number of carboxylic acid groups (broad SMARTS) is 1. The van der Waals surface area contributed by atoms with Gasteiger partial charge in [-0.2, -0.15) is 0 Å². The van der Waals surface area contributed by atoms with E-state index in [-0.39, 0.29) is 24.6 Å². The monoisotopic (exact) mass is 423 g/mol. The fourth-order valence-electron chi connectivity index (χ4n) is 4.03. The van der Waals surface area contributed by atoms with Crippen LogP contribution in [0.1, 0.15) is 16.2 Å².